The molecule has 1 atom stereocenters. The van der Waals surface area contributed by atoms with Crippen LogP contribution in [0.3, 0.4) is 0 Å². The summed E-state index contributed by atoms with van der Waals surface area (Å²) < 4.78 is 10.5. The highest BCUT2D eigenvalue weighted by molar-refractivity contribution is 5.93. The molecule has 30 heavy (non-hydrogen) atoms. The van der Waals surface area contributed by atoms with E-state index in [1.165, 1.54) is 0 Å². The number of aryl methyl sites for hydroxylation is 1. The first-order valence-corrected chi connectivity index (χ1v) is 9.97. The predicted octanol–water partition coefficient (Wildman–Crippen LogP) is 2.92. The lowest BCUT2D eigenvalue weighted by atomic mass is 10.1. The summed E-state index contributed by atoms with van der Waals surface area (Å²) >= 11 is 0. The zero-order valence-corrected chi connectivity index (χ0v) is 17.2. The van der Waals surface area contributed by atoms with Gasteiger partial charge in [0.25, 0.3) is 5.91 Å². The van der Waals surface area contributed by atoms with E-state index in [0.717, 1.165) is 11.1 Å². The van der Waals surface area contributed by atoms with Crippen LogP contribution in [-0.4, -0.2) is 42.4 Å². The number of nitrogens with zero attached hydrogens (tertiary/aromatic N) is 1. The Morgan fingerprint density at radius 2 is 1.80 bits per heavy atom. The van der Waals surface area contributed by atoms with Crippen LogP contribution in [0.2, 0.25) is 0 Å². The van der Waals surface area contributed by atoms with Gasteiger partial charge in [-0.3, -0.25) is 14.4 Å². The van der Waals surface area contributed by atoms with Gasteiger partial charge in [-0.1, -0.05) is 29.8 Å². The van der Waals surface area contributed by atoms with E-state index in [4.69, 9.17) is 9.47 Å². The van der Waals surface area contributed by atoms with Gasteiger partial charge in [-0.2, -0.15) is 0 Å². The number of anilines is 1. The number of nitrogens with one attached hydrogen (secondary N) is 1. The highest BCUT2D eigenvalue weighted by Gasteiger charge is 2.35. The number of ether oxygens (including phenoxy) is 2. The second kappa shape index (κ2) is 9.91. The summed E-state index contributed by atoms with van der Waals surface area (Å²) in [5.41, 5.74) is 2.74. The molecule has 1 saturated heterocycles. The van der Waals surface area contributed by atoms with Gasteiger partial charge in [0.1, 0.15) is 5.75 Å². The van der Waals surface area contributed by atoms with Crippen LogP contribution >= 0.6 is 0 Å². The van der Waals surface area contributed by atoms with Gasteiger partial charge in [0.2, 0.25) is 5.91 Å². The van der Waals surface area contributed by atoms with Crippen LogP contribution in [0.1, 0.15) is 24.5 Å². The minimum Gasteiger partial charge on any atom is -0.494 e. The summed E-state index contributed by atoms with van der Waals surface area (Å²) in [4.78, 5) is 38.2. The van der Waals surface area contributed by atoms with E-state index in [1.54, 1.807) is 29.2 Å². The van der Waals surface area contributed by atoms with Crippen molar-refractivity contribution >= 4 is 23.5 Å². The average molecular weight is 410 g/mol. The van der Waals surface area contributed by atoms with E-state index in [0.29, 0.717) is 31.1 Å². The van der Waals surface area contributed by atoms with E-state index in [2.05, 4.69) is 5.32 Å². The van der Waals surface area contributed by atoms with Crippen LogP contribution in [0.4, 0.5) is 5.69 Å². The molecule has 0 bridgehead atoms. The number of amides is 2. The van der Waals surface area contributed by atoms with E-state index >= 15 is 0 Å². The molecule has 2 aromatic rings. The molecule has 0 saturated carbocycles. The first-order valence-electron chi connectivity index (χ1n) is 9.97. The van der Waals surface area contributed by atoms with E-state index in [-0.39, 0.29) is 12.3 Å². The highest BCUT2D eigenvalue weighted by Crippen LogP contribution is 2.22. The summed E-state index contributed by atoms with van der Waals surface area (Å²) in [5, 5.41) is 2.66. The van der Waals surface area contributed by atoms with Crippen LogP contribution in [0, 0.1) is 12.8 Å². The van der Waals surface area contributed by atoms with Gasteiger partial charge in [0, 0.05) is 25.2 Å². The van der Waals surface area contributed by atoms with Gasteiger partial charge in [0.15, 0.2) is 6.61 Å². The molecule has 2 amide bonds. The molecule has 0 radical (unpaired) electrons. The number of benzene rings is 2. The zero-order valence-electron chi connectivity index (χ0n) is 17.2. The van der Waals surface area contributed by atoms with E-state index in [1.807, 2.05) is 38.1 Å². The van der Waals surface area contributed by atoms with Crippen molar-refractivity contribution < 1.29 is 23.9 Å². The third-order valence-electron chi connectivity index (χ3n) is 4.84. The number of hydrogen-bond donors (Lipinski definition) is 1. The maximum atomic E-state index is 12.3. The Labute approximate surface area is 176 Å². The summed E-state index contributed by atoms with van der Waals surface area (Å²) in [6.07, 6.45) is 0.102. The smallest absolute Gasteiger partial charge is 0.311 e. The van der Waals surface area contributed by atoms with Gasteiger partial charge < -0.3 is 19.7 Å². The zero-order chi connectivity index (χ0) is 21.5. The lowest BCUT2D eigenvalue weighted by Gasteiger charge is -2.16. The molecule has 7 heteroatoms. The Morgan fingerprint density at radius 1 is 1.10 bits per heavy atom. The minimum atomic E-state index is -0.554. The van der Waals surface area contributed by atoms with E-state index < -0.39 is 24.4 Å². The van der Waals surface area contributed by atoms with Crippen molar-refractivity contribution in [2.24, 2.45) is 5.92 Å². The van der Waals surface area contributed by atoms with Gasteiger partial charge in [-0.15, -0.1) is 0 Å². The normalized spacial score (nSPS) is 15.7. The van der Waals surface area contributed by atoms with Crippen molar-refractivity contribution in [1.29, 1.82) is 0 Å². The minimum absolute atomic E-state index is 0.0867. The van der Waals surface area contributed by atoms with Crippen molar-refractivity contribution in [2.75, 3.05) is 25.1 Å². The quantitative estimate of drug-likeness (QED) is 0.677. The molecular weight excluding hydrogens is 384 g/mol. The van der Waals surface area contributed by atoms with Crippen molar-refractivity contribution in [3.05, 3.63) is 59.7 Å². The fourth-order valence-corrected chi connectivity index (χ4v) is 3.25. The number of likely N-dealkylation sites (tertiary alicyclic amines) is 1. The van der Waals surface area contributed by atoms with Crippen molar-refractivity contribution in [3.63, 3.8) is 0 Å². The maximum absolute atomic E-state index is 12.3. The predicted molar refractivity (Wildman–Crippen MR) is 112 cm³/mol. The first kappa shape index (κ1) is 21.4. The SMILES string of the molecule is CCOc1ccc(NC(=O)COC(=O)[C@H]2CC(=O)N(Cc3ccc(C)cc3)C2)cc1. The maximum Gasteiger partial charge on any atom is 0.311 e. The Hall–Kier alpha value is -3.35. The van der Waals surface area contributed by atoms with Crippen LogP contribution in [-0.2, 0) is 25.7 Å². The van der Waals surface area contributed by atoms with Crippen LogP contribution in [0.25, 0.3) is 0 Å². The Morgan fingerprint density at radius 3 is 2.47 bits per heavy atom. The van der Waals surface area contributed by atoms with E-state index in [9.17, 15) is 14.4 Å². The molecule has 3 rings (SSSR count). The topological polar surface area (TPSA) is 84.9 Å². The number of rotatable bonds is 8. The summed E-state index contributed by atoms with van der Waals surface area (Å²) in [6.45, 7) is 4.82. The van der Waals surface area contributed by atoms with Gasteiger partial charge in [-0.25, -0.2) is 0 Å². The fourth-order valence-electron chi connectivity index (χ4n) is 3.25. The number of hydrogen-bond acceptors (Lipinski definition) is 5. The van der Waals surface area contributed by atoms with Crippen molar-refractivity contribution in [1.82, 2.24) is 4.90 Å². The molecule has 1 N–H and O–H groups in total. The number of carbonyl (C=O) groups excluding carboxylic acids is 3. The number of carbonyl (C=O) groups is 3. The summed E-state index contributed by atoms with van der Waals surface area (Å²) in [6, 6.07) is 14.8. The average Bonchev–Trinajstić information content (AvgIpc) is 3.10. The third-order valence-corrected chi connectivity index (χ3v) is 4.84. The molecule has 7 nitrogen and oxygen atoms in total. The van der Waals surface area contributed by atoms with Gasteiger partial charge >= 0.3 is 5.97 Å². The molecule has 0 aliphatic carbocycles. The highest BCUT2D eigenvalue weighted by atomic mass is 16.5. The summed E-state index contributed by atoms with van der Waals surface area (Å²) in [5.74, 6) is -0.898. The molecule has 1 fully saturated rings. The van der Waals surface area contributed by atoms with Crippen LogP contribution in [0.15, 0.2) is 48.5 Å². The third kappa shape index (κ3) is 5.83. The first-order chi connectivity index (χ1) is 14.4. The van der Waals surface area contributed by atoms with Crippen molar-refractivity contribution in [2.45, 2.75) is 26.8 Å². The molecule has 0 spiro atoms. The molecule has 1 heterocycles. The van der Waals surface area contributed by atoms with Gasteiger partial charge in [0.05, 0.1) is 12.5 Å². The lowest BCUT2D eigenvalue weighted by molar-refractivity contribution is -0.151. The lowest BCUT2D eigenvalue weighted by Crippen LogP contribution is -2.28. The molecular formula is C23H26N2O5. The molecule has 1 aliphatic rings. The van der Waals surface area contributed by atoms with Crippen molar-refractivity contribution in [3.8, 4) is 5.75 Å². The second-order valence-electron chi connectivity index (χ2n) is 7.27. The monoisotopic (exact) mass is 410 g/mol. The second-order valence-corrected chi connectivity index (χ2v) is 7.27. The van der Waals surface area contributed by atoms with Crippen LogP contribution in [0.5, 0.6) is 5.75 Å². The Bertz CT molecular complexity index is 893. The molecule has 1 aliphatic heterocycles. The Balaban J connectivity index is 1.44. The molecule has 2 aromatic carbocycles. The molecule has 158 valence electrons. The molecule has 0 aromatic heterocycles. The van der Waals surface area contributed by atoms with Crippen LogP contribution < -0.4 is 10.1 Å². The fraction of sp³-hybridized carbons (Fsp3) is 0.348. The largest absolute Gasteiger partial charge is 0.494 e. The Kier molecular flexibility index (Phi) is 7.06. The molecule has 0 unspecified atom stereocenters. The van der Waals surface area contributed by atoms with Gasteiger partial charge in [-0.05, 0) is 43.7 Å². The number of esters is 1. The standard InChI is InChI=1S/C23H26N2O5/c1-3-29-20-10-8-19(9-11-20)24-21(26)15-30-23(28)18-12-22(27)25(14-18)13-17-6-4-16(2)5-7-17/h4-11,18H,3,12-15H2,1-2H3,(H,24,26)/t18-/m0/s1. The summed E-state index contributed by atoms with van der Waals surface area (Å²) in [7, 11) is 0.